The van der Waals surface area contributed by atoms with E-state index in [-0.39, 0.29) is 0 Å². The number of halogens is 1. The summed E-state index contributed by atoms with van der Waals surface area (Å²) in [5, 5.41) is 7.07. The van der Waals surface area contributed by atoms with Gasteiger partial charge >= 0.3 is 0 Å². The molecule has 4 nitrogen and oxygen atoms in total. The highest BCUT2D eigenvalue weighted by molar-refractivity contribution is 6.31. The van der Waals surface area contributed by atoms with Gasteiger partial charge in [-0.15, -0.1) is 6.58 Å². The maximum Gasteiger partial charge on any atom is 0.135 e. The minimum Gasteiger partial charge on any atom is -0.366 e. The highest BCUT2D eigenvalue weighted by Gasteiger charge is 2.04. The molecular weight excluding hydrogens is 260 g/mol. The molecule has 98 valence electrons. The largest absolute Gasteiger partial charge is 0.366 e. The smallest absolute Gasteiger partial charge is 0.135 e. The SMILES string of the molecule is C=CCNc1cc(Nc2cccc(Cl)c2C)ncn1. The number of benzene rings is 1. The van der Waals surface area contributed by atoms with Crippen molar-refractivity contribution in [2.45, 2.75) is 6.92 Å². The molecule has 19 heavy (non-hydrogen) atoms. The molecule has 0 saturated heterocycles. The molecule has 0 radical (unpaired) electrons. The number of hydrogen-bond donors (Lipinski definition) is 2. The summed E-state index contributed by atoms with van der Waals surface area (Å²) in [6.07, 6.45) is 3.28. The second-order valence-corrected chi connectivity index (χ2v) is 4.40. The van der Waals surface area contributed by atoms with Crippen molar-refractivity contribution >= 4 is 28.9 Å². The molecule has 0 atom stereocenters. The predicted molar refractivity (Wildman–Crippen MR) is 80.2 cm³/mol. The Morgan fingerprint density at radius 1 is 1.32 bits per heavy atom. The van der Waals surface area contributed by atoms with E-state index in [1.54, 1.807) is 6.08 Å². The third-order valence-electron chi connectivity index (χ3n) is 2.63. The summed E-state index contributed by atoms with van der Waals surface area (Å²) in [5.41, 5.74) is 1.92. The van der Waals surface area contributed by atoms with Gasteiger partial charge in [0.1, 0.15) is 18.0 Å². The van der Waals surface area contributed by atoms with Crippen LogP contribution in [0.4, 0.5) is 17.3 Å². The second-order valence-electron chi connectivity index (χ2n) is 4.00. The monoisotopic (exact) mass is 274 g/mol. The van der Waals surface area contributed by atoms with Crippen molar-refractivity contribution in [2.75, 3.05) is 17.2 Å². The summed E-state index contributed by atoms with van der Waals surface area (Å²) in [7, 11) is 0. The van der Waals surface area contributed by atoms with Gasteiger partial charge in [0.25, 0.3) is 0 Å². The van der Waals surface area contributed by atoms with Crippen molar-refractivity contribution in [1.29, 1.82) is 0 Å². The first kappa shape index (κ1) is 13.4. The average molecular weight is 275 g/mol. The van der Waals surface area contributed by atoms with E-state index in [2.05, 4.69) is 27.2 Å². The highest BCUT2D eigenvalue weighted by atomic mass is 35.5. The van der Waals surface area contributed by atoms with Crippen LogP contribution < -0.4 is 10.6 Å². The van der Waals surface area contributed by atoms with Gasteiger partial charge in [0.15, 0.2) is 0 Å². The lowest BCUT2D eigenvalue weighted by Gasteiger charge is -2.10. The van der Waals surface area contributed by atoms with Gasteiger partial charge in [-0.1, -0.05) is 23.7 Å². The van der Waals surface area contributed by atoms with Crippen LogP contribution in [0, 0.1) is 6.92 Å². The van der Waals surface area contributed by atoms with Gasteiger partial charge in [0.2, 0.25) is 0 Å². The van der Waals surface area contributed by atoms with Crippen LogP contribution in [0.15, 0.2) is 43.2 Å². The van der Waals surface area contributed by atoms with Crippen LogP contribution in [0.5, 0.6) is 0 Å². The summed E-state index contributed by atoms with van der Waals surface area (Å²) in [4.78, 5) is 8.30. The van der Waals surface area contributed by atoms with E-state index in [9.17, 15) is 0 Å². The molecule has 2 aromatic rings. The fraction of sp³-hybridized carbons (Fsp3) is 0.143. The molecule has 0 saturated carbocycles. The first-order chi connectivity index (χ1) is 9.20. The Morgan fingerprint density at radius 3 is 2.89 bits per heavy atom. The van der Waals surface area contributed by atoms with E-state index in [1.807, 2.05) is 31.2 Å². The molecular formula is C14H15ClN4. The molecule has 1 aromatic carbocycles. The Kier molecular flexibility index (Phi) is 4.36. The Labute approximate surface area is 117 Å². The molecule has 0 aliphatic heterocycles. The molecule has 0 aliphatic carbocycles. The Balaban J connectivity index is 2.18. The van der Waals surface area contributed by atoms with Crippen LogP contribution in [0.3, 0.4) is 0 Å². The van der Waals surface area contributed by atoms with Crippen molar-refractivity contribution in [3.63, 3.8) is 0 Å². The van der Waals surface area contributed by atoms with Gasteiger partial charge in [-0.3, -0.25) is 0 Å². The van der Waals surface area contributed by atoms with E-state index >= 15 is 0 Å². The molecule has 0 unspecified atom stereocenters. The quantitative estimate of drug-likeness (QED) is 0.815. The van der Waals surface area contributed by atoms with Crippen LogP contribution in [0.25, 0.3) is 0 Å². The van der Waals surface area contributed by atoms with Crippen molar-refractivity contribution in [3.05, 3.63) is 53.8 Å². The van der Waals surface area contributed by atoms with Crippen molar-refractivity contribution in [2.24, 2.45) is 0 Å². The maximum absolute atomic E-state index is 6.08. The first-order valence-corrected chi connectivity index (χ1v) is 6.27. The average Bonchev–Trinajstić information content (AvgIpc) is 2.42. The molecule has 0 fully saturated rings. The van der Waals surface area contributed by atoms with E-state index in [0.717, 1.165) is 22.1 Å². The maximum atomic E-state index is 6.08. The number of aromatic nitrogens is 2. The minimum atomic E-state index is 0.659. The standard InChI is InChI=1S/C14H15ClN4/c1-3-7-16-13-8-14(18-9-17-13)19-12-6-4-5-11(15)10(12)2/h3-6,8-9H,1,7H2,2H3,(H2,16,17,18,19). The van der Waals surface area contributed by atoms with E-state index in [4.69, 9.17) is 11.6 Å². The molecule has 0 aliphatic rings. The van der Waals surface area contributed by atoms with E-state index in [0.29, 0.717) is 12.4 Å². The van der Waals surface area contributed by atoms with Crippen molar-refractivity contribution < 1.29 is 0 Å². The topological polar surface area (TPSA) is 49.8 Å². The Hall–Kier alpha value is -2.07. The van der Waals surface area contributed by atoms with Gasteiger partial charge in [-0.25, -0.2) is 9.97 Å². The third kappa shape index (κ3) is 3.45. The summed E-state index contributed by atoms with van der Waals surface area (Å²) in [6.45, 7) is 6.27. The zero-order chi connectivity index (χ0) is 13.7. The molecule has 2 N–H and O–H groups in total. The van der Waals surface area contributed by atoms with Crippen LogP contribution >= 0.6 is 11.6 Å². The van der Waals surface area contributed by atoms with Gasteiger partial charge < -0.3 is 10.6 Å². The molecule has 0 spiro atoms. The number of nitrogens with zero attached hydrogens (tertiary/aromatic N) is 2. The van der Waals surface area contributed by atoms with Crippen LogP contribution in [-0.4, -0.2) is 16.5 Å². The van der Waals surface area contributed by atoms with Gasteiger partial charge in [-0.05, 0) is 24.6 Å². The molecule has 2 rings (SSSR count). The molecule has 0 bridgehead atoms. The van der Waals surface area contributed by atoms with Crippen molar-refractivity contribution in [1.82, 2.24) is 9.97 Å². The minimum absolute atomic E-state index is 0.659. The fourth-order valence-electron chi connectivity index (χ4n) is 1.58. The lowest BCUT2D eigenvalue weighted by Crippen LogP contribution is -2.02. The van der Waals surface area contributed by atoms with Crippen LogP contribution in [0.1, 0.15) is 5.56 Å². The normalized spacial score (nSPS) is 10.0. The van der Waals surface area contributed by atoms with E-state index in [1.165, 1.54) is 6.33 Å². The van der Waals surface area contributed by atoms with Crippen LogP contribution in [0.2, 0.25) is 5.02 Å². The molecule has 0 amide bonds. The Bertz CT molecular complexity index is 583. The summed E-state index contributed by atoms with van der Waals surface area (Å²) in [5.74, 6) is 1.46. The molecule has 5 heteroatoms. The summed E-state index contributed by atoms with van der Waals surface area (Å²) < 4.78 is 0. The predicted octanol–water partition coefficient (Wildman–Crippen LogP) is 3.78. The third-order valence-corrected chi connectivity index (χ3v) is 3.03. The zero-order valence-corrected chi connectivity index (χ0v) is 11.4. The number of anilines is 3. The second kappa shape index (κ2) is 6.20. The highest BCUT2D eigenvalue weighted by Crippen LogP contribution is 2.25. The van der Waals surface area contributed by atoms with Gasteiger partial charge in [-0.2, -0.15) is 0 Å². The van der Waals surface area contributed by atoms with Gasteiger partial charge in [0.05, 0.1) is 0 Å². The Morgan fingerprint density at radius 2 is 2.11 bits per heavy atom. The molecule has 1 heterocycles. The lowest BCUT2D eigenvalue weighted by molar-refractivity contribution is 1.14. The molecule has 1 aromatic heterocycles. The van der Waals surface area contributed by atoms with Crippen LogP contribution in [-0.2, 0) is 0 Å². The lowest BCUT2D eigenvalue weighted by atomic mass is 10.2. The zero-order valence-electron chi connectivity index (χ0n) is 10.7. The van der Waals surface area contributed by atoms with E-state index < -0.39 is 0 Å². The first-order valence-electron chi connectivity index (χ1n) is 5.89. The summed E-state index contributed by atoms with van der Waals surface area (Å²) >= 11 is 6.08. The van der Waals surface area contributed by atoms with Gasteiger partial charge in [0, 0.05) is 23.3 Å². The fourth-order valence-corrected chi connectivity index (χ4v) is 1.75. The number of nitrogens with one attached hydrogen (secondary N) is 2. The number of hydrogen-bond acceptors (Lipinski definition) is 4. The summed E-state index contributed by atoms with van der Waals surface area (Å²) in [6, 6.07) is 7.55. The van der Waals surface area contributed by atoms with Crippen molar-refractivity contribution in [3.8, 4) is 0 Å². The number of rotatable bonds is 5.